The minimum Gasteiger partial charge on any atom is -0.469 e. The SMILES string of the molecule is CCC(=O)OC.Cc1ccc(C(=O)c2ccccc2)cc1.Cc1ccc(C)cc1.Cc1ccc2sc3ccc(C)cc3c(=O)c2c1. The fourth-order valence-corrected chi connectivity index (χ4v) is 5.36. The van der Waals surface area contributed by atoms with E-state index in [0.29, 0.717) is 6.42 Å². The van der Waals surface area contributed by atoms with Crippen molar-refractivity contribution in [3.63, 3.8) is 0 Å². The molecule has 0 aliphatic carbocycles. The van der Waals surface area contributed by atoms with Gasteiger partial charge in [-0.25, -0.2) is 0 Å². The Balaban J connectivity index is 0.000000181. The molecule has 0 amide bonds. The summed E-state index contributed by atoms with van der Waals surface area (Å²) in [6, 6.07) is 37.6. The predicted molar refractivity (Wildman–Crippen MR) is 194 cm³/mol. The molecule has 0 saturated heterocycles. The minimum absolute atomic E-state index is 0.0793. The highest BCUT2D eigenvalue weighted by atomic mass is 32.1. The van der Waals surface area contributed by atoms with E-state index >= 15 is 0 Å². The maximum Gasteiger partial charge on any atom is 0.305 e. The number of hydrogen-bond donors (Lipinski definition) is 0. The molecule has 0 bridgehead atoms. The number of benzene rings is 5. The summed E-state index contributed by atoms with van der Waals surface area (Å²) in [7, 11) is 1.38. The largest absolute Gasteiger partial charge is 0.469 e. The first-order valence-corrected chi connectivity index (χ1v) is 16.0. The van der Waals surface area contributed by atoms with Crippen molar-refractivity contribution < 1.29 is 14.3 Å². The second kappa shape index (κ2) is 17.6. The Morgan fingerprint density at radius 2 is 0.957 bits per heavy atom. The molecule has 1 aromatic heterocycles. The molecule has 6 rings (SSSR count). The first-order valence-electron chi connectivity index (χ1n) is 15.2. The van der Waals surface area contributed by atoms with Gasteiger partial charge >= 0.3 is 5.97 Å². The summed E-state index contributed by atoms with van der Waals surface area (Å²) in [4.78, 5) is 34.3. The highest BCUT2D eigenvalue weighted by Gasteiger charge is 2.07. The Morgan fingerprint density at radius 1 is 0.565 bits per heavy atom. The van der Waals surface area contributed by atoms with Gasteiger partial charge in [-0.05, 0) is 58.9 Å². The van der Waals surface area contributed by atoms with Crippen molar-refractivity contribution in [2.45, 2.75) is 48.0 Å². The van der Waals surface area contributed by atoms with E-state index in [1.807, 2.05) is 99.6 Å². The Morgan fingerprint density at radius 3 is 1.35 bits per heavy atom. The lowest BCUT2D eigenvalue weighted by Crippen LogP contribution is -2.01. The third kappa shape index (κ3) is 10.6. The molecular weight excluding hydrogens is 589 g/mol. The zero-order chi connectivity index (χ0) is 33.6. The Labute approximate surface area is 276 Å². The summed E-state index contributed by atoms with van der Waals surface area (Å²) in [5, 5.41) is 1.68. The number of ketones is 1. The van der Waals surface area contributed by atoms with Gasteiger partial charge in [0.15, 0.2) is 11.2 Å². The van der Waals surface area contributed by atoms with Crippen LogP contribution >= 0.6 is 11.3 Å². The van der Waals surface area contributed by atoms with Crippen molar-refractivity contribution >= 4 is 43.3 Å². The molecule has 1 heterocycles. The quantitative estimate of drug-likeness (QED) is 0.111. The Hall–Kier alpha value is -4.87. The van der Waals surface area contributed by atoms with Crippen LogP contribution in [0, 0.1) is 34.6 Å². The Bertz CT molecular complexity index is 1850. The van der Waals surface area contributed by atoms with Gasteiger partial charge in [0, 0.05) is 37.7 Å². The monoisotopic (exact) mass is 630 g/mol. The molecule has 236 valence electrons. The van der Waals surface area contributed by atoms with Crippen LogP contribution in [-0.2, 0) is 9.53 Å². The lowest BCUT2D eigenvalue weighted by molar-refractivity contribution is -0.140. The summed E-state index contributed by atoms with van der Waals surface area (Å²) in [5.41, 5.74) is 7.72. The summed E-state index contributed by atoms with van der Waals surface area (Å²) >= 11 is 1.68. The van der Waals surface area contributed by atoms with Gasteiger partial charge in [-0.3, -0.25) is 14.4 Å². The summed E-state index contributed by atoms with van der Waals surface area (Å²) in [6.45, 7) is 12.0. The Kier molecular flexibility index (Phi) is 13.6. The molecule has 5 heteroatoms. The van der Waals surface area contributed by atoms with Gasteiger partial charge in [0.25, 0.3) is 0 Å². The molecular formula is C41H42O4S. The van der Waals surface area contributed by atoms with Crippen molar-refractivity contribution in [1.29, 1.82) is 0 Å². The molecule has 6 aromatic rings. The number of methoxy groups -OCH3 is 1. The molecule has 5 aromatic carbocycles. The molecule has 0 N–H and O–H groups in total. The van der Waals surface area contributed by atoms with E-state index < -0.39 is 0 Å². The smallest absolute Gasteiger partial charge is 0.305 e. The molecule has 0 saturated carbocycles. The van der Waals surface area contributed by atoms with Gasteiger partial charge in [0.2, 0.25) is 0 Å². The molecule has 0 spiro atoms. The number of esters is 1. The molecule has 0 atom stereocenters. The van der Waals surface area contributed by atoms with E-state index in [0.717, 1.165) is 42.4 Å². The lowest BCUT2D eigenvalue weighted by Gasteiger charge is -2.02. The molecule has 46 heavy (non-hydrogen) atoms. The fraction of sp³-hybridized carbons (Fsp3) is 0.195. The second-order valence-electron chi connectivity index (χ2n) is 11.1. The topological polar surface area (TPSA) is 60.4 Å². The van der Waals surface area contributed by atoms with Crippen LogP contribution in [0.2, 0.25) is 0 Å². The summed E-state index contributed by atoms with van der Waals surface area (Å²) < 4.78 is 6.39. The maximum atomic E-state index is 12.4. The van der Waals surface area contributed by atoms with Gasteiger partial charge in [-0.2, -0.15) is 0 Å². The number of rotatable bonds is 3. The van der Waals surface area contributed by atoms with E-state index in [9.17, 15) is 14.4 Å². The van der Waals surface area contributed by atoms with Gasteiger partial charge in [0.1, 0.15) is 0 Å². The van der Waals surface area contributed by atoms with Crippen LogP contribution < -0.4 is 5.43 Å². The fourth-order valence-electron chi connectivity index (χ4n) is 4.33. The zero-order valence-corrected chi connectivity index (χ0v) is 28.5. The van der Waals surface area contributed by atoms with E-state index in [1.165, 1.54) is 23.8 Å². The van der Waals surface area contributed by atoms with Crippen LogP contribution in [0.4, 0.5) is 0 Å². The summed E-state index contributed by atoms with van der Waals surface area (Å²) in [5.74, 6) is -0.0781. The zero-order valence-electron chi connectivity index (χ0n) is 27.7. The third-order valence-electron chi connectivity index (χ3n) is 7.06. The lowest BCUT2D eigenvalue weighted by atomic mass is 10.0. The maximum absolute atomic E-state index is 12.4. The molecule has 0 fully saturated rings. The van der Waals surface area contributed by atoms with Crippen molar-refractivity contribution in [2.24, 2.45) is 0 Å². The second-order valence-corrected chi connectivity index (χ2v) is 12.2. The first-order chi connectivity index (χ1) is 22.0. The van der Waals surface area contributed by atoms with Crippen molar-refractivity contribution in [2.75, 3.05) is 7.11 Å². The van der Waals surface area contributed by atoms with Gasteiger partial charge < -0.3 is 4.74 Å². The van der Waals surface area contributed by atoms with E-state index in [1.54, 1.807) is 18.3 Å². The van der Waals surface area contributed by atoms with Crippen molar-refractivity contribution in [3.8, 4) is 0 Å². The minimum atomic E-state index is -0.157. The van der Waals surface area contributed by atoms with Crippen LogP contribution in [0.5, 0.6) is 0 Å². The van der Waals surface area contributed by atoms with Crippen molar-refractivity contribution in [3.05, 3.63) is 164 Å². The molecule has 0 radical (unpaired) electrons. The normalized spacial score (nSPS) is 9.98. The number of hydrogen-bond acceptors (Lipinski definition) is 5. The number of carbonyl (C=O) groups excluding carboxylic acids is 2. The third-order valence-corrected chi connectivity index (χ3v) is 8.22. The van der Waals surface area contributed by atoms with Crippen LogP contribution in [-0.4, -0.2) is 18.9 Å². The average Bonchev–Trinajstić information content (AvgIpc) is 3.08. The highest BCUT2D eigenvalue weighted by molar-refractivity contribution is 7.24. The van der Waals surface area contributed by atoms with E-state index in [-0.39, 0.29) is 17.2 Å². The van der Waals surface area contributed by atoms with Gasteiger partial charge in [-0.15, -0.1) is 11.3 Å². The van der Waals surface area contributed by atoms with Crippen LogP contribution in [0.3, 0.4) is 0 Å². The molecule has 0 aliphatic rings. The van der Waals surface area contributed by atoms with Crippen LogP contribution in [0.25, 0.3) is 20.2 Å². The van der Waals surface area contributed by atoms with Gasteiger partial charge in [0.05, 0.1) is 7.11 Å². The average molecular weight is 631 g/mol. The molecule has 0 aliphatic heterocycles. The highest BCUT2D eigenvalue weighted by Crippen LogP contribution is 2.25. The number of fused-ring (bicyclic) bond motifs is 2. The number of ether oxygens (including phenoxy) is 1. The standard InChI is InChI=1S/C15H12OS.C14H12O.C8H10.C4H8O2/c1-9-3-5-13-11(7-9)15(16)12-8-10(2)4-6-14(12)17-13;1-11-7-9-13(10-8-11)14(15)12-5-3-2-4-6-12;1-7-3-5-8(2)6-4-7;1-3-4(5)6-2/h3-8H,1-2H3;2-10H,1H3;3-6H,1-2H3;3H2,1-2H3. The predicted octanol–water partition coefficient (Wildman–Crippen LogP) is 10.1. The summed E-state index contributed by atoms with van der Waals surface area (Å²) in [6.07, 6.45) is 0.469. The molecule has 0 unspecified atom stereocenters. The van der Waals surface area contributed by atoms with E-state index in [2.05, 4.69) is 55.0 Å². The van der Waals surface area contributed by atoms with Gasteiger partial charge in [-0.1, -0.05) is 126 Å². The van der Waals surface area contributed by atoms with Crippen molar-refractivity contribution in [1.82, 2.24) is 0 Å². The van der Waals surface area contributed by atoms with Crippen LogP contribution in [0.15, 0.2) is 120 Å². The number of aryl methyl sites for hydroxylation is 5. The van der Waals surface area contributed by atoms with E-state index in [4.69, 9.17) is 0 Å². The first kappa shape index (κ1) is 35.6. The number of carbonyl (C=O) groups is 2. The molecule has 4 nitrogen and oxygen atoms in total. The van der Waals surface area contributed by atoms with Crippen LogP contribution in [0.1, 0.15) is 57.1 Å².